The number of hydrogen-bond donors (Lipinski definition) is 1. The first-order chi connectivity index (χ1) is 5.29. The third-order valence-corrected chi connectivity index (χ3v) is 1.95. The number of nitrogens with two attached hydrogens (primary N) is 1. The van der Waals surface area contributed by atoms with Crippen molar-refractivity contribution in [3.05, 3.63) is 18.3 Å². The van der Waals surface area contributed by atoms with Crippen LogP contribution < -0.4 is 10.6 Å². The molecule has 1 aliphatic rings. The molecular weight excluding hydrogens is 138 g/mol. The SMILES string of the molecule is C[C@@H]1CN1c1ncccc1N. The zero-order valence-corrected chi connectivity index (χ0v) is 6.49. The molecule has 0 aromatic carbocycles. The van der Waals surface area contributed by atoms with Gasteiger partial charge in [0.15, 0.2) is 5.82 Å². The molecule has 1 aliphatic heterocycles. The monoisotopic (exact) mass is 149 g/mol. The van der Waals surface area contributed by atoms with Gasteiger partial charge in [-0.3, -0.25) is 0 Å². The van der Waals surface area contributed by atoms with E-state index in [9.17, 15) is 0 Å². The third kappa shape index (κ3) is 1.02. The highest BCUT2D eigenvalue weighted by Gasteiger charge is 2.31. The van der Waals surface area contributed by atoms with Crippen LogP contribution in [0.25, 0.3) is 0 Å². The van der Waals surface area contributed by atoms with E-state index in [4.69, 9.17) is 5.73 Å². The fourth-order valence-corrected chi connectivity index (χ4v) is 1.18. The van der Waals surface area contributed by atoms with Crippen molar-refractivity contribution in [1.82, 2.24) is 4.98 Å². The zero-order chi connectivity index (χ0) is 7.84. The lowest BCUT2D eigenvalue weighted by Crippen LogP contribution is -2.01. The van der Waals surface area contributed by atoms with E-state index < -0.39 is 0 Å². The number of hydrogen-bond acceptors (Lipinski definition) is 3. The summed E-state index contributed by atoms with van der Waals surface area (Å²) in [5.74, 6) is 0.931. The molecule has 0 unspecified atom stereocenters. The standard InChI is InChI=1S/C8H11N3/c1-6-5-11(6)8-7(9)3-2-4-10-8/h2-4,6H,5,9H2,1H3/t6-,11?/m1/s1. The molecule has 0 bridgehead atoms. The van der Waals surface area contributed by atoms with Crippen molar-refractivity contribution in [1.29, 1.82) is 0 Å². The lowest BCUT2D eigenvalue weighted by Gasteiger charge is -2.04. The summed E-state index contributed by atoms with van der Waals surface area (Å²) >= 11 is 0. The molecule has 3 heteroatoms. The normalized spacial score (nSPS) is 21.9. The number of rotatable bonds is 1. The summed E-state index contributed by atoms with van der Waals surface area (Å²) in [5, 5.41) is 0. The summed E-state index contributed by atoms with van der Waals surface area (Å²) in [6, 6.07) is 4.35. The molecule has 0 amide bonds. The Morgan fingerprint density at radius 3 is 3.00 bits per heavy atom. The molecule has 2 heterocycles. The lowest BCUT2D eigenvalue weighted by molar-refractivity contribution is 1.11. The van der Waals surface area contributed by atoms with Crippen molar-refractivity contribution >= 4 is 11.5 Å². The second-order valence-corrected chi connectivity index (χ2v) is 2.92. The molecule has 2 rings (SSSR count). The highest BCUT2D eigenvalue weighted by Crippen LogP contribution is 2.29. The Balaban J connectivity index is 2.31. The van der Waals surface area contributed by atoms with Gasteiger partial charge in [0.05, 0.1) is 5.69 Å². The average Bonchev–Trinajstić information content (AvgIpc) is 2.68. The lowest BCUT2D eigenvalue weighted by atomic mass is 10.4. The minimum absolute atomic E-state index is 0.618. The van der Waals surface area contributed by atoms with Crippen LogP contribution in [-0.2, 0) is 0 Å². The molecule has 11 heavy (non-hydrogen) atoms. The molecule has 1 saturated heterocycles. The van der Waals surface area contributed by atoms with E-state index in [1.165, 1.54) is 0 Å². The van der Waals surface area contributed by atoms with Crippen LogP contribution in [0, 0.1) is 0 Å². The second kappa shape index (κ2) is 2.12. The van der Waals surface area contributed by atoms with Crippen LogP contribution in [0.5, 0.6) is 0 Å². The van der Waals surface area contributed by atoms with Crippen molar-refractivity contribution in [3.63, 3.8) is 0 Å². The highest BCUT2D eigenvalue weighted by molar-refractivity contribution is 5.65. The van der Waals surface area contributed by atoms with Gasteiger partial charge in [0, 0.05) is 18.8 Å². The molecule has 3 nitrogen and oxygen atoms in total. The summed E-state index contributed by atoms with van der Waals surface area (Å²) in [6.45, 7) is 3.25. The fraction of sp³-hybridized carbons (Fsp3) is 0.375. The summed E-state index contributed by atoms with van der Waals surface area (Å²) < 4.78 is 0. The first kappa shape index (κ1) is 6.46. The van der Waals surface area contributed by atoms with Crippen LogP contribution in [0.1, 0.15) is 6.92 Å². The van der Waals surface area contributed by atoms with Crippen LogP contribution in [0.3, 0.4) is 0 Å². The quantitative estimate of drug-likeness (QED) is 0.602. The van der Waals surface area contributed by atoms with Crippen LogP contribution >= 0.6 is 0 Å². The van der Waals surface area contributed by atoms with Gasteiger partial charge in [0.2, 0.25) is 0 Å². The predicted octanol–water partition coefficient (Wildman–Crippen LogP) is 0.872. The van der Waals surface area contributed by atoms with E-state index in [1.54, 1.807) is 6.20 Å². The van der Waals surface area contributed by atoms with Crippen molar-refractivity contribution in [2.75, 3.05) is 17.2 Å². The van der Waals surface area contributed by atoms with Crippen LogP contribution in [-0.4, -0.2) is 17.6 Å². The molecule has 0 aliphatic carbocycles. The van der Waals surface area contributed by atoms with Crippen LogP contribution in [0.15, 0.2) is 18.3 Å². The van der Waals surface area contributed by atoms with Gasteiger partial charge in [-0.2, -0.15) is 0 Å². The van der Waals surface area contributed by atoms with Gasteiger partial charge in [0.1, 0.15) is 0 Å². The maximum absolute atomic E-state index is 5.72. The van der Waals surface area contributed by atoms with Crippen LogP contribution in [0.4, 0.5) is 11.5 Å². The van der Waals surface area contributed by atoms with E-state index in [0.29, 0.717) is 6.04 Å². The van der Waals surface area contributed by atoms with Gasteiger partial charge in [-0.05, 0) is 19.1 Å². The van der Waals surface area contributed by atoms with Gasteiger partial charge in [-0.15, -0.1) is 0 Å². The van der Waals surface area contributed by atoms with Gasteiger partial charge in [-0.1, -0.05) is 0 Å². The molecular formula is C8H11N3. The Labute approximate surface area is 65.8 Å². The Hall–Kier alpha value is -1.25. The summed E-state index contributed by atoms with van der Waals surface area (Å²) in [4.78, 5) is 6.37. The van der Waals surface area contributed by atoms with Gasteiger partial charge in [0.25, 0.3) is 0 Å². The molecule has 1 fully saturated rings. The third-order valence-electron chi connectivity index (χ3n) is 1.95. The van der Waals surface area contributed by atoms with Gasteiger partial charge in [-0.25, -0.2) is 4.98 Å². The highest BCUT2D eigenvalue weighted by atomic mass is 15.3. The second-order valence-electron chi connectivity index (χ2n) is 2.92. The van der Waals surface area contributed by atoms with Gasteiger partial charge >= 0.3 is 0 Å². The molecule has 1 aromatic heterocycles. The zero-order valence-electron chi connectivity index (χ0n) is 6.49. The minimum Gasteiger partial charge on any atom is -0.396 e. The number of nitrogen functional groups attached to an aromatic ring is 1. The number of pyridine rings is 1. The molecule has 0 saturated carbocycles. The molecule has 1 atom stereocenters. The Bertz CT molecular complexity index is 272. The Kier molecular flexibility index (Phi) is 1.24. The largest absolute Gasteiger partial charge is 0.396 e. The summed E-state index contributed by atoms with van der Waals surface area (Å²) in [6.07, 6.45) is 1.77. The summed E-state index contributed by atoms with van der Waals surface area (Å²) in [5.41, 5.74) is 6.49. The van der Waals surface area contributed by atoms with E-state index >= 15 is 0 Å². The molecule has 2 N–H and O–H groups in total. The smallest absolute Gasteiger partial charge is 0.152 e. The van der Waals surface area contributed by atoms with Gasteiger partial charge < -0.3 is 10.6 Å². The first-order valence-electron chi connectivity index (χ1n) is 3.76. The first-order valence-corrected chi connectivity index (χ1v) is 3.76. The van der Waals surface area contributed by atoms with Crippen molar-refractivity contribution in [2.24, 2.45) is 0 Å². The average molecular weight is 149 g/mol. The van der Waals surface area contributed by atoms with E-state index in [-0.39, 0.29) is 0 Å². The number of nitrogens with zero attached hydrogens (tertiary/aromatic N) is 2. The minimum atomic E-state index is 0.618. The van der Waals surface area contributed by atoms with Crippen LogP contribution in [0.2, 0.25) is 0 Å². The fourth-order valence-electron chi connectivity index (χ4n) is 1.18. The maximum Gasteiger partial charge on any atom is 0.152 e. The molecule has 1 aromatic rings. The molecule has 0 radical (unpaired) electrons. The van der Waals surface area contributed by atoms with E-state index in [1.807, 2.05) is 12.1 Å². The number of anilines is 2. The van der Waals surface area contributed by atoms with E-state index in [2.05, 4.69) is 16.8 Å². The van der Waals surface area contributed by atoms with Crippen molar-refractivity contribution in [2.45, 2.75) is 13.0 Å². The van der Waals surface area contributed by atoms with Crippen molar-refractivity contribution < 1.29 is 0 Å². The maximum atomic E-state index is 5.72. The Morgan fingerprint density at radius 1 is 1.73 bits per heavy atom. The predicted molar refractivity (Wildman–Crippen MR) is 45.5 cm³/mol. The topological polar surface area (TPSA) is 41.9 Å². The van der Waals surface area contributed by atoms with Crippen molar-refractivity contribution in [3.8, 4) is 0 Å². The van der Waals surface area contributed by atoms with E-state index in [0.717, 1.165) is 18.1 Å². The Morgan fingerprint density at radius 2 is 2.45 bits per heavy atom. The molecule has 0 spiro atoms. The molecule has 58 valence electrons. The summed E-state index contributed by atoms with van der Waals surface area (Å²) in [7, 11) is 0. The number of aromatic nitrogens is 1.